The molecule has 1 fully saturated rings. The Labute approximate surface area is 204 Å². The molecule has 2 aromatic heterocycles. The van der Waals surface area contributed by atoms with Crippen molar-refractivity contribution in [3.8, 4) is 0 Å². The van der Waals surface area contributed by atoms with Gasteiger partial charge in [0.2, 0.25) is 0 Å². The van der Waals surface area contributed by atoms with Gasteiger partial charge in [-0.2, -0.15) is 0 Å². The summed E-state index contributed by atoms with van der Waals surface area (Å²) in [7, 11) is -3.50. The molecule has 0 aliphatic carbocycles. The van der Waals surface area contributed by atoms with Crippen molar-refractivity contribution in [3.63, 3.8) is 0 Å². The van der Waals surface area contributed by atoms with E-state index in [0.29, 0.717) is 36.6 Å². The Kier molecular flexibility index (Phi) is 6.09. The minimum atomic E-state index is -3.50. The molecule has 2 aliphatic rings. The SMILES string of the molecule is [C-]#[N+]c1cccc(Cc2cc(Nc3ccc([C@@H]4CCCO4)cc3S(C)(=O)=O)c3c(n2)CC(C)=N3)n1. The highest BCUT2D eigenvalue weighted by Crippen LogP contribution is 2.39. The number of nitrogens with zero attached hydrogens (tertiary/aromatic N) is 4. The Morgan fingerprint density at radius 2 is 2.00 bits per heavy atom. The fourth-order valence-electron chi connectivity index (χ4n) is 4.50. The topological polar surface area (TPSA) is 97.9 Å². The summed E-state index contributed by atoms with van der Waals surface area (Å²) in [4.78, 5) is 17.4. The maximum Gasteiger partial charge on any atom is 0.269 e. The molecule has 1 atom stereocenters. The summed E-state index contributed by atoms with van der Waals surface area (Å²) in [6.07, 6.45) is 4.07. The number of pyridine rings is 2. The molecule has 35 heavy (non-hydrogen) atoms. The molecule has 0 saturated carbocycles. The fourth-order valence-corrected chi connectivity index (χ4v) is 5.37. The smallest absolute Gasteiger partial charge is 0.269 e. The number of hydrogen-bond acceptors (Lipinski definition) is 7. The van der Waals surface area contributed by atoms with Crippen LogP contribution in [0.15, 0.2) is 52.4 Å². The Balaban J connectivity index is 1.54. The van der Waals surface area contributed by atoms with Crippen LogP contribution in [-0.2, 0) is 27.4 Å². The Morgan fingerprint density at radius 1 is 1.14 bits per heavy atom. The van der Waals surface area contributed by atoms with Crippen molar-refractivity contribution in [1.82, 2.24) is 9.97 Å². The Morgan fingerprint density at radius 3 is 2.74 bits per heavy atom. The van der Waals surface area contributed by atoms with E-state index in [1.165, 1.54) is 6.26 Å². The second kappa shape index (κ2) is 9.21. The number of ether oxygens (including phenoxy) is 1. The van der Waals surface area contributed by atoms with Crippen LogP contribution >= 0.6 is 0 Å². The van der Waals surface area contributed by atoms with Crippen molar-refractivity contribution in [3.05, 3.63) is 76.5 Å². The zero-order chi connectivity index (χ0) is 24.6. The predicted molar refractivity (Wildman–Crippen MR) is 135 cm³/mol. The van der Waals surface area contributed by atoms with E-state index in [1.807, 2.05) is 31.2 Å². The van der Waals surface area contributed by atoms with Crippen LogP contribution in [0.3, 0.4) is 0 Å². The molecule has 9 heteroatoms. The van der Waals surface area contributed by atoms with Gasteiger partial charge in [0.05, 0.1) is 40.2 Å². The first-order valence-corrected chi connectivity index (χ1v) is 13.3. The van der Waals surface area contributed by atoms with Gasteiger partial charge in [-0.05, 0) is 55.7 Å². The molecular weight excluding hydrogens is 462 g/mol. The van der Waals surface area contributed by atoms with E-state index in [-0.39, 0.29) is 11.0 Å². The van der Waals surface area contributed by atoms with Gasteiger partial charge in [0.15, 0.2) is 9.84 Å². The number of sulfone groups is 1. The molecule has 0 spiro atoms. The maximum absolute atomic E-state index is 12.7. The molecule has 1 aromatic carbocycles. The number of benzene rings is 1. The van der Waals surface area contributed by atoms with Crippen LogP contribution in [0.1, 0.15) is 48.5 Å². The molecule has 0 unspecified atom stereocenters. The lowest BCUT2D eigenvalue weighted by Gasteiger charge is -2.17. The van der Waals surface area contributed by atoms with Gasteiger partial charge in [0.1, 0.15) is 11.4 Å². The van der Waals surface area contributed by atoms with E-state index in [1.54, 1.807) is 18.2 Å². The highest BCUT2D eigenvalue weighted by Gasteiger charge is 2.24. The number of hydrogen-bond donors (Lipinski definition) is 1. The average Bonchev–Trinajstić information content (AvgIpc) is 3.48. The first kappa shape index (κ1) is 23.1. The molecule has 178 valence electrons. The minimum absolute atomic E-state index is 0.0766. The summed E-state index contributed by atoms with van der Waals surface area (Å²) in [5.74, 6) is 0.338. The molecule has 8 nitrogen and oxygen atoms in total. The molecule has 1 N–H and O–H groups in total. The van der Waals surface area contributed by atoms with E-state index in [4.69, 9.17) is 16.3 Å². The van der Waals surface area contributed by atoms with Gasteiger partial charge in [-0.25, -0.2) is 8.42 Å². The summed E-state index contributed by atoms with van der Waals surface area (Å²) in [5.41, 5.74) is 6.05. The van der Waals surface area contributed by atoms with Crippen LogP contribution in [0.5, 0.6) is 0 Å². The van der Waals surface area contributed by atoms with Crippen molar-refractivity contribution < 1.29 is 13.2 Å². The third kappa shape index (κ3) is 4.94. The van der Waals surface area contributed by atoms with Gasteiger partial charge in [-0.1, -0.05) is 18.7 Å². The number of fused-ring (bicyclic) bond motifs is 1. The number of aliphatic imine (C=N–C) groups is 1. The first-order chi connectivity index (χ1) is 16.8. The van der Waals surface area contributed by atoms with E-state index in [2.05, 4.69) is 20.1 Å². The standard InChI is InChI=1S/C26H25N5O3S/c1-16-12-21-26(28-16)22(15-19(29-21)14-18-6-4-8-25(27-2)30-18)31-20-10-9-17(23-7-5-11-34-23)13-24(20)35(3,32)33/h4,6,8-10,13,15,23H,5,7,11-12,14H2,1,3H3,(H,29,31)/t23-/m0/s1. The highest BCUT2D eigenvalue weighted by molar-refractivity contribution is 7.90. The number of anilines is 2. The van der Waals surface area contributed by atoms with Crippen molar-refractivity contribution in [2.24, 2.45) is 4.99 Å². The van der Waals surface area contributed by atoms with Gasteiger partial charge in [0.25, 0.3) is 5.82 Å². The zero-order valence-electron chi connectivity index (χ0n) is 19.6. The van der Waals surface area contributed by atoms with Gasteiger partial charge < -0.3 is 14.9 Å². The van der Waals surface area contributed by atoms with Crippen molar-refractivity contribution >= 4 is 38.4 Å². The summed E-state index contributed by atoms with van der Waals surface area (Å²) >= 11 is 0. The molecule has 1 saturated heterocycles. The molecule has 0 radical (unpaired) electrons. The number of rotatable bonds is 6. The molecular formula is C26H25N5O3S. The fraction of sp³-hybridized carbons (Fsp3) is 0.308. The van der Waals surface area contributed by atoms with E-state index in [0.717, 1.165) is 46.9 Å². The summed E-state index contributed by atoms with van der Waals surface area (Å²) in [6.45, 7) is 9.85. The molecule has 3 aromatic rings. The monoisotopic (exact) mass is 487 g/mol. The van der Waals surface area contributed by atoms with Crippen LogP contribution < -0.4 is 5.32 Å². The molecule has 2 aliphatic heterocycles. The van der Waals surface area contributed by atoms with Crippen LogP contribution in [0, 0.1) is 6.57 Å². The Bertz CT molecular complexity index is 1490. The zero-order valence-corrected chi connectivity index (χ0v) is 20.4. The van der Waals surface area contributed by atoms with Gasteiger partial charge in [-0.15, -0.1) is 4.98 Å². The second-order valence-corrected chi connectivity index (χ2v) is 10.9. The summed E-state index contributed by atoms with van der Waals surface area (Å²) in [6, 6.07) is 12.7. The van der Waals surface area contributed by atoms with Crippen LogP contribution in [0.25, 0.3) is 4.85 Å². The van der Waals surface area contributed by atoms with E-state index >= 15 is 0 Å². The summed E-state index contributed by atoms with van der Waals surface area (Å²) in [5, 5.41) is 3.33. The van der Waals surface area contributed by atoms with Crippen LogP contribution in [-0.4, -0.2) is 37.0 Å². The number of nitrogens with one attached hydrogen (secondary N) is 1. The largest absolute Gasteiger partial charge is 0.374 e. The lowest BCUT2D eigenvalue weighted by molar-refractivity contribution is 0.112. The summed E-state index contributed by atoms with van der Waals surface area (Å²) < 4.78 is 31.2. The normalized spacial score (nSPS) is 17.1. The lowest BCUT2D eigenvalue weighted by Crippen LogP contribution is -2.07. The molecule has 0 bridgehead atoms. The van der Waals surface area contributed by atoms with Crippen LogP contribution in [0.2, 0.25) is 0 Å². The van der Waals surface area contributed by atoms with Gasteiger partial charge in [-0.3, -0.25) is 9.98 Å². The molecule has 0 amide bonds. The number of aromatic nitrogens is 2. The molecule has 5 rings (SSSR count). The predicted octanol–water partition coefficient (Wildman–Crippen LogP) is 5.27. The minimum Gasteiger partial charge on any atom is -0.374 e. The molecule has 4 heterocycles. The second-order valence-electron chi connectivity index (χ2n) is 8.91. The Hall–Kier alpha value is -3.61. The van der Waals surface area contributed by atoms with E-state index < -0.39 is 9.84 Å². The van der Waals surface area contributed by atoms with E-state index in [9.17, 15) is 8.42 Å². The average molecular weight is 488 g/mol. The third-order valence-corrected chi connectivity index (χ3v) is 7.23. The highest BCUT2D eigenvalue weighted by atomic mass is 32.2. The van der Waals surface area contributed by atoms with Gasteiger partial charge in [0, 0.05) is 25.0 Å². The van der Waals surface area contributed by atoms with Crippen LogP contribution in [0.4, 0.5) is 22.9 Å². The first-order valence-electron chi connectivity index (χ1n) is 11.4. The lowest BCUT2D eigenvalue weighted by atomic mass is 10.1. The quantitative estimate of drug-likeness (QED) is 0.476. The maximum atomic E-state index is 12.7. The van der Waals surface area contributed by atoms with Crippen molar-refractivity contribution in [2.75, 3.05) is 18.2 Å². The van der Waals surface area contributed by atoms with Gasteiger partial charge >= 0.3 is 0 Å². The van der Waals surface area contributed by atoms with Crippen molar-refractivity contribution in [1.29, 1.82) is 0 Å². The van der Waals surface area contributed by atoms with Crippen molar-refractivity contribution in [2.45, 2.75) is 43.6 Å². The third-order valence-electron chi connectivity index (χ3n) is 6.09.